The Kier molecular flexibility index (Phi) is 7.07. The standard InChI is InChI=1S/C27H29NO4/c1-28(19-27(29)30)17-16-26(21-6-3-2-4-7-21)32-24-14-12-23(13-15-24)31-25-11-10-20-8-5-9-22(20)18-25/h2-4,6-7,10-15,18,26H,5,8-9,16-17,19H2,1H3,(H,29,30). The average molecular weight is 432 g/mol. The maximum atomic E-state index is 10.9. The van der Waals surface area contributed by atoms with Gasteiger partial charge in [-0.15, -0.1) is 0 Å². The van der Waals surface area contributed by atoms with Crippen molar-refractivity contribution in [2.24, 2.45) is 0 Å². The summed E-state index contributed by atoms with van der Waals surface area (Å²) < 4.78 is 12.3. The van der Waals surface area contributed by atoms with E-state index in [0.29, 0.717) is 13.0 Å². The summed E-state index contributed by atoms with van der Waals surface area (Å²) in [6, 6.07) is 24.0. The molecule has 1 aliphatic rings. The van der Waals surface area contributed by atoms with E-state index >= 15 is 0 Å². The minimum absolute atomic E-state index is 0.0102. The number of fused-ring (bicyclic) bond motifs is 1. The third-order valence-electron chi connectivity index (χ3n) is 5.76. The first-order valence-electron chi connectivity index (χ1n) is 11.1. The van der Waals surface area contributed by atoms with Crippen molar-refractivity contribution in [1.82, 2.24) is 4.90 Å². The fourth-order valence-electron chi connectivity index (χ4n) is 4.11. The molecule has 32 heavy (non-hydrogen) atoms. The number of nitrogens with zero attached hydrogens (tertiary/aromatic N) is 1. The minimum atomic E-state index is -0.830. The summed E-state index contributed by atoms with van der Waals surface area (Å²) in [5, 5.41) is 8.99. The van der Waals surface area contributed by atoms with Crippen LogP contribution in [0.15, 0.2) is 72.8 Å². The topological polar surface area (TPSA) is 59.0 Å². The van der Waals surface area contributed by atoms with Crippen LogP contribution in [-0.4, -0.2) is 36.1 Å². The molecular formula is C27H29NO4. The number of carboxylic acids is 1. The molecule has 0 amide bonds. The Morgan fingerprint density at radius 3 is 2.38 bits per heavy atom. The predicted molar refractivity (Wildman–Crippen MR) is 125 cm³/mol. The lowest BCUT2D eigenvalue weighted by molar-refractivity contribution is -0.138. The zero-order valence-corrected chi connectivity index (χ0v) is 18.4. The van der Waals surface area contributed by atoms with Gasteiger partial charge in [0.25, 0.3) is 0 Å². The molecule has 0 radical (unpaired) electrons. The number of aliphatic carboxylic acids is 1. The maximum Gasteiger partial charge on any atom is 0.317 e. The van der Waals surface area contributed by atoms with Gasteiger partial charge >= 0.3 is 5.97 Å². The zero-order valence-electron chi connectivity index (χ0n) is 18.4. The van der Waals surface area contributed by atoms with Crippen LogP contribution in [0, 0.1) is 0 Å². The lowest BCUT2D eigenvalue weighted by atomic mass is 10.1. The smallest absolute Gasteiger partial charge is 0.317 e. The number of rotatable bonds is 10. The fourth-order valence-corrected chi connectivity index (χ4v) is 4.11. The highest BCUT2D eigenvalue weighted by Crippen LogP contribution is 2.31. The second-order valence-corrected chi connectivity index (χ2v) is 8.29. The number of likely N-dealkylation sites (N-methyl/N-ethyl adjacent to an activating group) is 1. The van der Waals surface area contributed by atoms with E-state index in [1.165, 1.54) is 17.5 Å². The van der Waals surface area contributed by atoms with Gasteiger partial charge in [-0.05, 0) is 79.4 Å². The number of ether oxygens (including phenoxy) is 2. The molecule has 0 spiro atoms. The summed E-state index contributed by atoms with van der Waals surface area (Å²) in [6.45, 7) is 0.627. The van der Waals surface area contributed by atoms with Gasteiger partial charge in [-0.2, -0.15) is 0 Å². The molecule has 5 nitrogen and oxygen atoms in total. The summed E-state index contributed by atoms with van der Waals surface area (Å²) >= 11 is 0. The Morgan fingerprint density at radius 2 is 1.62 bits per heavy atom. The van der Waals surface area contributed by atoms with E-state index in [0.717, 1.165) is 35.7 Å². The average Bonchev–Trinajstić information content (AvgIpc) is 3.26. The summed E-state index contributed by atoms with van der Waals surface area (Å²) in [7, 11) is 1.81. The van der Waals surface area contributed by atoms with Gasteiger partial charge < -0.3 is 14.6 Å². The Hall–Kier alpha value is -3.31. The van der Waals surface area contributed by atoms with Crippen LogP contribution in [-0.2, 0) is 17.6 Å². The van der Waals surface area contributed by atoms with Crippen molar-refractivity contribution in [3.63, 3.8) is 0 Å². The first-order valence-corrected chi connectivity index (χ1v) is 11.1. The van der Waals surface area contributed by atoms with E-state index in [4.69, 9.17) is 14.6 Å². The maximum absolute atomic E-state index is 10.9. The molecule has 0 saturated heterocycles. The van der Waals surface area contributed by atoms with Crippen LogP contribution in [0.2, 0.25) is 0 Å². The van der Waals surface area contributed by atoms with Gasteiger partial charge in [0.05, 0.1) is 6.54 Å². The summed E-state index contributed by atoms with van der Waals surface area (Å²) in [5.74, 6) is 1.56. The predicted octanol–water partition coefficient (Wildman–Crippen LogP) is 5.49. The minimum Gasteiger partial charge on any atom is -0.486 e. The van der Waals surface area contributed by atoms with E-state index in [2.05, 4.69) is 12.1 Å². The Balaban J connectivity index is 1.41. The van der Waals surface area contributed by atoms with Crippen molar-refractivity contribution in [1.29, 1.82) is 0 Å². The normalized spacial score (nSPS) is 13.6. The molecule has 0 aliphatic heterocycles. The van der Waals surface area contributed by atoms with Crippen molar-refractivity contribution in [2.75, 3.05) is 20.1 Å². The van der Waals surface area contributed by atoms with Crippen LogP contribution in [0.1, 0.15) is 35.6 Å². The third kappa shape index (κ3) is 5.89. The fraction of sp³-hybridized carbons (Fsp3) is 0.296. The molecule has 0 heterocycles. The molecular weight excluding hydrogens is 402 g/mol. The highest BCUT2D eigenvalue weighted by atomic mass is 16.5. The number of benzene rings is 3. The Morgan fingerprint density at radius 1 is 0.938 bits per heavy atom. The van der Waals surface area contributed by atoms with Crippen LogP contribution in [0.4, 0.5) is 0 Å². The second-order valence-electron chi connectivity index (χ2n) is 8.29. The van der Waals surface area contributed by atoms with Gasteiger partial charge in [0.15, 0.2) is 0 Å². The molecule has 1 N–H and O–H groups in total. The van der Waals surface area contributed by atoms with Crippen molar-refractivity contribution in [2.45, 2.75) is 31.8 Å². The van der Waals surface area contributed by atoms with Gasteiger partial charge in [-0.1, -0.05) is 36.4 Å². The molecule has 5 heteroatoms. The highest BCUT2D eigenvalue weighted by molar-refractivity contribution is 5.69. The van der Waals surface area contributed by atoms with Crippen LogP contribution in [0.5, 0.6) is 17.2 Å². The van der Waals surface area contributed by atoms with Crippen LogP contribution in [0.3, 0.4) is 0 Å². The number of hydrogen-bond acceptors (Lipinski definition) is 4. The molecule has 0 aromatic heterocycles. The van der Waals surface area contributed by atoms with Gasteiger partial charge in [0.1, 0.15) is 23.4 Å². The molecule has 3 aromatic carbocycles. The molecule has 1 atom stereocenters. The van der Waals surface area contributed by atoms with Crippen molar-refractivity contribution >= 4 is 5.97 Å². The quantitative estimate of drug-likeness (QED) is 0.460. The van der Waals surface area contributed by atoms with E-state index in [1.54, 1.807) is 11.9 Å². The number of carboxylic acid groups (broad SMARTS) is 1. The van der Waals surface area contributed by atoms with Crippen LogP contribution in [0.25, 0.3) is 0 Å². The molecule has 1 aliphatic carbocycles. The van der Waals surface area contributed by atoms with Gasteiger partial charge in [0.2, 0.25) is 0 Å². The van der Waals surface area contributed by atoms with Gasteiger partial charge in [-0.25, -0.2) is 0 Å². The summed E-state index contributed by atoms with van der Waals surface area (Å²) in [4.78, 5) is 12.7. The molecule has 4 rings (SSSR count). The number of aryl methyl sites for hydroxylation is 2. The first-order chi connectivity index (χ1) is 15.6. The lowest BCUT2D eigenvalue weighted by Crippen LogP contribution is -2.28. The SMILES string of the molecule is CN(CCC(Oc1ccc(Oc2ccc3c(c2)CCC3)cc1)c1ccccc1)CC(=O)O. The highest BCUT2D eigenvalue weighted by Gasteiger charge is 2.16. The second kappa shape index (κ2) is 10.3. The lowest BCUT2D eigenvalue weighted by Gasteiger charge is -2.22. The first kappa shape index (κ1) is 21.9. The van der Waals surface area contributed by atoms with Gasteiger partial charge in [-0.3, -0.25) is 9.69 Å². The largest absolute Gasteiger partial charge is 0.486 e. The molecule has 1 unspecified atom stereocenters. The van der Waals surface area contributed by atoms with Crippen molar-refractivity contribution < 1.29 is 19.4 Å². The van der Waals surface area contributed by atoms with Crippen molar-refractivity contribution in [3.05, 3.63) is 89.5 Å². The molecule has 3 aromatic rings. The Bertz CT molecular complexity index is 1030. The van der Waals surface area contributed by atoms with Crippen LogP contribution < -0.4 is 9.47 Å². The molecule has 0 bridgehead atoms. The monoisotopic (exact) mass is 431 g/mol. The molecule has 166 valence electrons. The number of carbonyl (C=O) groups is 1. The third-order valence-corrected chi connectivity index (χ3v) is 5.76. The van der Waals surface area contributed by atoms with E-state index in [1.807, 2.05) is 60.7 Å². The van der Waals surface area contributed by atoms with E-state index in [9.17, 15) is 4.79 Å². The number of hydrogen-bond donors (Lipinski definition) is 1. The Labute approximate surface area is 189 Å². The zero-order chi connectivity index (χ0) is 22.3. The van der Waals surface area contributed by atoms with E-state index < -0.39 is 5.97 Å². The molecule has 0 saturated carbocycles. The summed E-state index contributed by atoms with van der Waals surface area (Å²) in [5.41, 5.74) is 3.89. The molecule has 0 fully saturated rings. The summed E-state index contributed by atoms with van der Waals surface area (Å²) in [6.07, 6.45) is 4.02. The van der Waals surface area contributed by atoms with Gasteiger partial charge in [0, 0.05) is 13.0 Å². The van der Waals surface area contributed by atoms with Crippen molar-refractivity contribution in [3.8, 4) is 17.2 Å². The van der Waals surface area contributed by atoms with E-state index in [-0.39, 0.29) is 12.6 Å². The van der Waals surface area contributed by atoms with Crippen LogP contribution >= 0.6 is 0 Å².